The van der Waals surface area contributed by atoms with Gasteiger partial charge in [-0.1, -0.05) is 12.1 Å². The Kier molecular flexibility index (Phi) is 4.62. The van der Waals surface area contributed by atoms with Crippen LogP contribution in [-0.4, -0.2) is 20.3 Å². The van der Waals surface area contributed by atoms with E-state index in [4.69, 9.17) is 5.73 Å². The summed E-state index contributed by atoms with van der Waals surface area (Å²) in [6.07, 6.45) is 0. The molecule has 1 rings (SSSR count). The number of hydrogen-bond donors (Lipinski definition) is 1. The van der Waals surface area contributed by atoms with Crippen LogP contribution in [0.4, 0.5) is 0 Å². The van der Waals surface area contributed by atoms with Gasteiger partial charge in [-0.2, -0.15) is 4.89 Å². The molecule has 0 aliphatic carbocycles. The van der Waals surface area contributed by atoms with E-state index in [1.54, 1.807) is 12.1 Å². The molecule has 0 atom stereocenters. The highest BCUT2D eigenvalue weighted by Gasteiger charge is 2.15. The molecule has 2 N–H and O–H groups in total. The molecule has 0 aromatic heterocycles. The third-order valence-electron chi connectivity index (χ3n) is 1.90. The monoisotopic (exact) mass is 259 g/mol. The number of hydrogen-bond acceptors (Lipinski definition) is 6. The first kappa shape index (κ1) is 13.6. The molecule has 0 aliphatic heterocycles. The Morgan fingerprint density at radius 1 is 1.29 bits per heavy atom. The Morgan fingerprint density at radius 3 is 2.35 bits per heavy atom. The van der Waals surface area contributed by atoms with Gasteiger partial charge in [0, 0.05) is 13.5 Å². The zero-order valence-corrected chi connectivity index (χ0v) is 10.1. The minimum atomic E-state index is -3.62. The summed E-state index contributed by atoms with van der Waals surface area (Å²) in [6.45, 7) is 1.45. The molecule has 0 fully saturated rings. The van der Waals surface area contributed by atoms with Crippen molar-refractivity contribution >= 4 is 15.8 Å². The van der Waals surface area contributed by atoms with Crippen LogP contribution < -0.4 is 5.73 Å². The summed E-state index contributed by atoms with van der Waals surface area (Å²) in [5, 5.41) is 0. The predicted molar refractivity (Wildman–Crippen MR) is 59.2 cm³/mol. The quantitative estimate of drug-likeness (QED) is 0.606. The van der Waals surface area contributed by atoms with Crippen molar-refractivity contribution in [1.82, 2.24) is 0 Å². The Morgan fingerprint density at radius 2 is 1.88 bits per heavy atom. The highest BCUT2D eigenvalue weighted by atomic mass is 32.2. The van der Waals surface area contributed by atoms with E-state index in [1.807, 2.05) is 0 Å². The van der Waals surface area contributed by atoms with Gasteiger partial charge < -0.3 is 5.73 Å². The van der Waals surface area contributed by atoms with E-state index in [9.17, 15) is 13.2 Å². The van der Waals surface area contributed by atoms with E-state index in [1.165, 1.54) is 12.1 Å². The van der Waals surface area contributed by atoms with Gasteiger partial charge in [0.1, 0.15) is 0 Å². The third-order valence-corrected chi connectivity index (χ3v) is 3.29. The Hall–Kier alpha value is -1.44. The van der Waals surface area contributed by atoms with Crippen LogP contribution in [0.5, 0.6) is 0 Å². The summed E-state index contributed by atoms with van der Waals surface area (Å²) < 4.78 is 23.3. The highest BCUT2D eigenvalue weighted by molar-refractivity contribution is 7.91. The van der Waals surface area contributed by atoms with Crippen LogP contribution in [-0.2, 0) is 31.0 Å². The normalized spacial score (nSPS) is 11.2. The van der Waals surface area contributed by atoms with Crippen LogP contribution in [0.1, 0.15) is 12.5 Å². The molecule has 0 amide bonds. The molecule has 1 aromatic carbocycles. The molecule has 0 saturated heterocycles. The lowest BCUT2D eigenvalue weighted by Crippen LogP contribution is -2.12. The molecule has 0 radical (unpaired) electrons. The van der Waals surface area contributed by atoms with E-state index < -0.39 is 21.7 Å². The van der Waals surface area contributed by atoms with Gasteiger partial charge in [0.05, 0.1) is 4.90 Å². The van der Waals surface area contributed by atoms with Gasteiger partial charge in [-0.05, 0) is 17.7 Å². The molecule has 7 heteroatoms. The maximum Gasteiger partial charge on any atom is 0.339 e. The van der Waals surface area contributed by atoms with Crippen LogP contribution in [0.15, 0.2) is 29.2 Å². The molecule has 0 unspecified atom stereocenters. The lowest BCUT2D eigenvalue weighted by Gasteiger charge is -2.04. The minimum absolute atomic E-state index is 0.0850. The maximum atomic E-state index is 11.7. The van der Waals surface area contributed by atoms with Crippen LogP contribution in [0.2, 0.25) is 0 Å². The standard InChI is InChI=1S/C10H13NO5S/c1-8(12)16-15-7-17(13,14)10-4-2-9(6-11)3-5-10/h2-5H,6-7,11H2,1H3. The fourth-order valence-corrected chi connectivity index (χ4v) is 1.93. The summed E-state index contributed by atoms with van der Waals surface area (Å²) >= 11 is 0. The lowest BCUT2D eigenvalue weighted by molar-refractivity contribution is -0.258. The van der Waals surface area contributed by atoms with Crippen LogP contribution >= 0.6 is 0 Å². The van der Waals surface area contributed by atoms with E-state index in [0.29, 0.717) is 6.54 Å². The smallest absolute Gasteiger partial charge is 0.326 e. The summed E-state index contributed by atoms with van der Waals surface area (Å²) in [4.78, 5) is 18.9. The van der Waals surface area contributed by atoms with E-state index in [2.05, 4.69) is 9.78 Å². The highest BCUT2D eigenvalue weighted by Crippen LogP contribution is 2.12. The number of carbonyl (C=O) groups excluding carboxylic acids is 1. The second-order valence-electron chi connectivity index (χ2n) is 3.27. The molecule has 0 bridgehead atoms. The summed E-state index contributed by atoms with van der Waals surface area (Å²) in [7, 11) is -3.62. The second-order valence-corrected chi connectivity index (χ2v) is 5.21. The first-order chi connectivity index (χ1) is 7.95. The van der Waals surface area contributed by atoms with Gasteiger partial charge in [0.25, 0.3) is 0 Å². The van der Waals surface area contributed by atoms with Crippen molar-refractivity contribution in [1.29, 1.82) is 0 Å². The topological polar surface area (TPSA) is 95.7 Å². The Balaban J connectivity index is 2.72. The first-order valence-corrected chi connectivity index (χ1v) is 6.43. The molecule has 0 aliphatic rings. The van der Waals surface area contributed by atoms with Crippen molar-refractivity contribution in [3.05, 3.63) is 29.8 Å². The summed E-state index contributed by atoms with van der Waals surface area (Å²) in [5.74, 6) is -1.42. The summed E-state index contributed by atoms with van der Waals surface area (Å²) in [6, 6.07) is 6.07. The molecule has 6 nitrogen and oxygen atoms in total. The van der Waals surface area contributed by atoms with E-state index in [-0.39, 0.29) is 4.90 Å². The molecule has 0 saturated carbocycles. The first-order valence-electron chi connectivity index (χ1n) is 4.77. The SMILES string of the molecule is CC(=O)OOCS(=O)(=O)c1ccc(CN)cc1. The Bertz CT molecular complexity index is 480. The van der Waals surface area contributed by atoms with Gasteiger partial charge >= 0.3 is 5.97 Å². The van der Waals surface area contributed by atoms with Crippen molar-refractivity contribution < 1.29 is 23.0 Å². The lowest BCUT2D eigenvalue weighted by atomic mass is 10.2. The third kappa shape index (κ3) is 4.14. The molecule has 0 heterocycles. The van der Waals surface area contributed by atoms with Crippen LogP contribution in [0, 0.1) is 0 Å². The maximum absolute atomic E-state index is 11.7. The molecule has 94 valence electrons. The van der Waals surface area contributed by atoms with Crippen molar-refractivity contribution in [2.24, 2.45) is 5.73 Å². The average Bonchev–Trinajstić information content (AvgIpc) is 2.28. The zero-order chi connectivity index (χ0) is 12.9. The van der Waals surface area contributed by atoms with Crippen molar-refractivity contribution in [2.45, 2.75) is 18.4 Å². The van der Waals surface area contributed by atoms with Crippen LogP contribution in [0.25, 0.3) is 0 Å². The number of benzene rings is 1. The number of nitrogens with two attached hydrogens (primary N) is 1. The van der Waals surface area contributed by atoms with Gasteiger partial charge in [-0.3, -0.25) is 4.89 Å². The predicted octanol–water partition coefficient (Wildman–Crippen LogP) is 0.371. The van der Waals surface area contributed by atoms with E-state index >= 15 is 0 Å². The number of rotatable bonds is 5. The molecule has 0 spiro atoms. The van der Waals surface area contributed by atoms with Gasteiger partial charge in [-0.15, -0.1) is 0 Å². The van der Waals surface area contributed by atoms with Gasteiger partial charge in [0.2, 0.25) is 9.84 Å². The molecule has 17 heavy (non-hydrogen) atoms. The van der Waals surface area contributed by atoms with Gasteiger partial charge in [-0.25, -0.2) is 13.2 Å². The number of carbonyl (C=O) groups is 1. The minimum Gasteiger partial charge on any atom is -0.326 e. The van der Waals surface area contributed by atoms with Crippen molar-refractivity contribution in [3.8, 4) is 0 Å². The van der Waals surface area contributed by atoms with Crippen molar-refractivity contribution in [2.75, 3.05) is 5.94 Å². The fraction of sp³-hybridized carbons (Fsp3) is 0.300. The fourth-order valence-electron chi connectivity index (χ4n) is 1.07. The Labute approximate surface area is 99.2 Å². The van der Waals surface area contributed by atoms with Gasteiger partial charge in [0.15, 0.2) is 5.94 Å². The molecular weight excluding hydrogens is 246 g/mol. The van der Waals surface area contributed by atoms with Crippen LogP contribution in [0.3, 0.4) is 0 Å². The van der Waals surface area contributed by atoms with E-state index in [0.717, 1.165) is 12.5 Å². The number of sulfone groups is 1. The zero-order valence-electron chi connectivity index (χ0n) is 9.25. The van der Waals surface area contributed by atoms with Crippen molar-refractivity contribution in [3.63, 3.8) is 0 Å². The molecule has 1 aromatic rings. The molecular formula is C10H13NO5S. The second kappa shape index (κ2) is 5.76. The largest absolute Gasteiger partial charge is 0.339 e. The average molecular weight is 259 g/mol. The summed E-state index contributed by atoms with van der Waals surface area (Å²) in [5.41, 5.74) is 6.21.